The molecule has 0 saturated heterocycles. The van der Waals surface area contributed by atoms with Crippen LogP contribution < -0.4 is 9.47 Å². The minimum Gasteiger partial charge on any atom is -0.448 e. The predicted molar refractivity (Wildman–Crippen MR) is 109 cm³/mol. The molecule has 0 fully saturated rings. The van der Waals surface area contributed by atoms with E-state index in [1.165, 1.54) is 11.1 Å². The van der Waals surface area contributed by atoms with E-state index in [9.17, 15) is 0 Å². The minimum absolute atomic E-state index is 0.378. The average Bonchev–Trinajstić information content (AvgIpc) is 2.77. The zero-order valence-corrected chi connectivity index (χ0v) is 14.9. The predicted octanol–water partition coefficient (Wildman–Crippen LogP) is 6.21. The van der Waals surface area contributed by atoms with Crippen molar-refractivity contribution in [3.63, 3.8) is 0 Å². The molecule has 0 amide bonds. The lowest BCUT2D eigenvalue weighted by Gasteiger charge is -2.18. The molecule has 3 aromatic carbocycles. The number of fused-ring (bicyclic) bond motifs is 2. The Labute approximate surface area is 162 Å². The van der Waals surface area contributed by atoms with Gasteiger partial charge in [0.1, 0.15) is 0 Å². The Morgan fingerprint density at radius 2 is 1.25 bits per heavy atom. The summed E-state index contributed by atoms with van der Waals surface area (Å²) in [6.45, 7) is 0. The minimum atomic E-state index is 0.378. The Bertz CT molecular complexity index is 1150. The summed E-state index contributed by atoms with van der Waals surface area (Å²) in [6.07, 6.45) is 3.91. The smallest absolute Gasteiger partial charge is 0.282 e. The summed E-state index contributed by atoms with van der Waals surface area (Å²) in [4.78, 5) is 0. The standard InChI is InChI=1S/C24H16N2O2/c1-2-6-18(7-3-1)19-13-10-17(11-14-19)12-15-20-16-23-24(26-25-20)28-22-9-5-4-8-21(22)27-23/h1-16H. The molecule has 28 heavy (non-hydrogen) atoms. The van der Waals surface area contributed by atoms with Crippen molar-refractivity contribution in [1.82, 2.24) is 10.2 Å². The van der Waals surface area contributed by atoms with E-state index in [0.717, 1.165) is 5.56 Å². The topological polar surface area (TPSA) is 44.2 Å². The van der Waals surface area contributed by atoms with Crippen LogP contribution in [0.3, 0.4) is 0 Å². The van der Waals surface area contributed by atoms with Crippen LogP contribution in [-0.4, -0.2) is 10.2 Å². The second kappa shape index (κ2) is 7.00. The monoisotopic (exact) mass is 364 g/mol. The van der Waals surface area contributed by atoms with Gasteiger partial charge in [-0.1, -0.05) is 72.8 Å². The highest BCUT2D eigenvalue weighted by molar-refractivity contribution is 5.71. The van der Waals surface area contributed by atoms with Gasteiger partial charge in [0.15, 0.2) is 17.2 Å². The molecule has 0 N–H and O–H groups in total. The first kappa shape index (κ1) is 16.3. The normalized spacial score (nSPS) is 12.0. The molecule has 4 heteroatoms. The molecule has 0 aliphatic carbocycles. The first-order valence-electron chi connectivity index (χ1n) is 9.01. The summed E-state index contributed by atoms with van der Waals surface area (Å²) >= 11 is 0. The Morgan fingerprint density at radius 3 is 2.04 bits per heavy atom. The maximum absolute atomic E-state index is 5.87. The van der Waals surface area contributed by atoms with Gasteiger partial charge >= 0.3 is 0 Å². The largest absolute Gasteiger partial charge is 0.448 e. The van der Waals surface area contributed by atoms with Crippen LogP contribution in [0, 0.1) is 0 Å². The Balaban J connectivity index is 1.35. The molecule has 1 aromatic heterocycles. The summed E-state index contributed by atoms with van der Waals surface area (Å²) in [5.74, 6) is 2.26. The molecule has 0 bridgehead atoms. The molecule has 5 rings (SSSR count). The lowest BCUT2D eigenvalue weighted by molar-refractivity contribution is 0.343. The maximum atomic E-state index is 5.87. The van der Waals surface area contributed by atoms with E-state index in [0.29, 0.717) is 28.8 Å². The van der Waals surface area contributed by atoms with Crippen LogP contribution >= 0.6 is 0 Å². The summed E-state index contributed by atoms with van der Waals surface area (Å²) in [5.41, 5.74) is 4.18. The molecule has 4 nitrogen and oxygen atoms in total. The molecule has 4 aromatic rings. The van der Waals surface area contributed by atoms with Gasteiger partial charge in [0.2, 0.25) is 0 Å². The molecular formula is C24H16N2O2. The van der Waals surface area contributed by atoms with Crippen molar-refractivity contribution >= 4 is 12.2 Å². The zero-order valence-electron chi connectivity index (χ0n) is 14.9. The van der Waals surface area contributed by atoms with Crippen LogP contribution in [0.25, 0.3) is 23.3 Å². The molecular weight excluding hydrogens is 348 g/mol. The van der Waals surface area contributed by atoms with E-state index in [1.807, 2.05) is 60.7 Å². The molecule has 2 heterocycles. The highest BCUT2D eigenvalue weighted by Gasteiger charge is 2.20. The average molecular weight is 364 g/mol. The summed E-state index contributed by atoms with van der Waals surface area (Å²) < 4.78 is 11.6. The quantitative estimate of drug-likeness (QED) is 0.382. The van der Waals surface area contributed by atoms with Crippen molar-refractivity contribution in [3.05, 3.63) is 96.2 Å². The van der Waals surface area contributed by atoms with E-state index < -0.39 is 0 Å². The number of hydrogen-bond donors (Lipinski definition) is 0. The van der Waals surface area contributed by atoms with Gasteiger partial charge in [-0.05, 0) is 34.9 Å². The maximum Gasteiger partial charge on any atom is 0.282 e. The van der Waals surface area contributed by atoms with Crippen LogP contribution in [0.15, 0.2) is 84.9 Å². The fourth-order valence-corrected chi connectivity index (χ4v) is 3.04. The van der Waals surface area contributed by atoms with Gasteiger partial charge in [0.05, 0.1) is 5.69 Å². The van der Waals surface area contributed by atoms with Crippen molar-refractivity contribution in [2.75, 3.05) is 0 Å². The zero-order chi connectivity index (χ0) is 18.8. The van der Waals surface area contributed by atoms with E-state index in [-0.39, 0.29) is 0 Å². The Morgan fingerprint density at radius 1 is 0.571 bits per heavy atom. The van der Waals surface area contributed by atoms with Gasteiger partial charge in [0.25, 0.3) is 5.88 Å². The van der Waals surface area contributed by atoms with Gasteiger partial charge in [0, 0.05) is 6.07 Å². The molecule has 134 valence electrons. The van der Waals surface area contributed by atoms with Gasteiger partial charge in [-0.25, -0.2) is 0 Å². The fraction of sp³-hybridized carbons (Fsp3) is 0. The molecule has 1 aliphatic rings. The van der Waals surface area contributed by atoms with E-state index >= 15 is 0 Å². The lowest BCUT2D eigenvalue weighted by atomic mass is 10.0. The number of rotatable bonds is 3. The first-order chi connectivity index (χ1) is 13.8. The number of hydrogen-bond acceptors (Lipinski definition) is 4. The van der Waals surface area contributed by atoms with Crippen LogP contribution in [-0.2, 0) is 0 Å². The molecule has 0 saturated carbocycles. The fourth-order valence-electron chi connectivity index (χ4n) is 3.04. The van der Waals surface area contributed by atoms with Gasteiger partial charge in [-0.15, -0.1) is 10.2 Å². The first-order valence-corrected chi connectivity index (χ1v) is 9.01. The third-order valence-corrected chi connectivity index (χ3v) is 4.49. The second-order valence-electron chi connectivity index (χ2n) is 6.41. The molecule has 0 radical (unpaired) electrons. The second-order valence-corrected chi connectivity index (χ2v) is 6.41. The summed E-state index contributed by atoms with van der Waals surface area (Å²) in [6, 6.07) is 28.0. The third kappa shape index (κ3) is 3.23. The van der Waals surface area contributed by atoms with E-state index in [2.05, 4.69) is 46.6 Å². The van der Waals surface area contributed by atoms with Crippen LogP contribution in [0.5, 0.6) is 23.1 Å². The number of aromatic nitrogens is 2. The highest BCUT2D eigenvalue weighted by Crippen LogP contribution is 2.43. The number of benzene rings is 3. The van der Waals surface area contributed by atoms with Gasteiger partial charge in [-0.2, -0.15) is 0 Å². The molecule has 0 unspecified atom stereocenters. The van der Waals surface area contributed by atoms with E-state index in [1.54, 1.807) is 0 Å². The van der Waals surface area contributed by atoms with Crippen LogP contribution in [0.2, 0.25) is 0 Å². The highest BCUT2D eigenvalue weighted by atomic mass is 16.6. The Hall–Kier alpha value is -3.92. The number of nitrogens with zero attached hydrogens (tertiary/aromatic N) is 2. The van der Waals surface area contributed by atoms with Crippen LogP contribution in [0.1, 0.15) is 11.3 Å². The molecule has 0 atom stereocenters. The molecule has 0 spiro atoms. The van der Waals surface area contributed by atoms with Gasteiger partial charge < -0.3 is 9.47 Å². The van der Waals surface area contributed by atoms with Crippen molar-refractivity contribution in [1.29, 1.82) is 0 Å². The number of para-hydroxylation sites is 2. The van der Waals surface area contributed by atoms with Crippen molar-refractivity contribution in [2.45, 2.75) is 0 Å². The summed E-state index contributed by atoms with van der Waals surface area (Å²) in [5, 5.41) is 8.34. The summed E-state index contributed by atoms with van der Waals surface area (Å²) in [7, 11) is 0. The van der Waals surface area contributed by atoms with Crippen molar-refractivity contribution in [2.24, 2.45) is 0 Å². The van der Waals surface area contributed by atoms with E-state index in [4.69, 9.17) is 9.47 Å². The van der Waals surface area contributed by atoms with Gasteiger partial charge in [-0.3, -0.25) is 0 Å². The van der Waals surface area contributed by atoms with Crippen molar-refractivity contribution < 1.29 is 9.47 Å². The molecule has 1 aliphatic heterocycles. The number of ether oxygens (including phenoxy) is 2. The van der Waals surface area contributed by atoms with Crippen molar-refractivity contribution in [3.8, 4) is 34.3 Å². The Kier molecular flexibility index (Phi) is 4.07. The SMILES string of the molecule is C(=Cc1cc2c(nn1)Oc1ccccc1O2)c1ccc(-c2ccccc2)cc1. The lowest BCUT2D eigenvalue weighted by Crippen LogP contribution is -2.02. The van der Waals surface area contributed by atoms with Crippen LogP contribution in [0.4, 0.5) is 0 Å². The third-order valence-electron chi connectivity index (χ3n) is 4.49.